The Hall–Kier alpha value is -4.08. The number of hydrogen-bond donors (Lipinski definition) is 4. The maximum Gasteiger partial charge on any atom is 0.333 e. The summed E-state index contributed by atoms with van der Waals surface area (Å²) < 4.78 is -0.278. The normalized spacial score (nSPS) is 20.8. The molecule has 9 heteroatoms. The molecule has 5 rings (SSSR count). The van der Waals surface area contributed by atoms with Gasteiger partial charge in [-0.3, -0.25) is 9.79 Å². The number of carbonyl (C=O) groups is 2. The summed E-state index contributed by atoms with van der Waals surface area (Å²) in [5, 5.41) is 8.41. The van der Waals surface area contributed by atoms with Crippen LogP contribution >= 0.6 is 0 Å². The monoisotopic (exact) mass is 442 g/mol. The van der Waals surface area contributed by atoms with Gasteiger partial charge >= 0.3 is 17.8 Å². The molecule has 1 unspecified atom stereocenters. The Bertz CT molecular complexity index is 1260. The highest BCUT2D eigenvalue weighted by Gasteiger charge is 2.50. The lowest BCUT2D eigenvalue weighted by molar-refractivity contribution is -0.749. The van der Waals surface area contributed by atoms with Crippen molar-refractivity contribution in [2.75, 3.05) is 16.0 Å². The summed E-state index contributed by atoms with van der Waals surface area (Å²) in [5.41, 5.74) is 4.51. The third-order valence-corrected chi connectivity index (χ3v) is 5.67. The molecule has 3 aliphatic rings. The minimum Gasteiger partial charge on any atom is -0.316 e. The third-order valence-electron chi connectivity index (χ3n) is 5.67. The van der Waals surface area contributed by atoms with Gasteiger partial charge in [0.1, 0.15) is 11.9 Å². The summed E-state index contributed by atoms with van der Waals surface area (Å²) in [6, 6.07) is 14.0. The maximum atomic E-state index is 13.0. The van der Waals surface area contributed by atoms with E-state index in [1.165, 1.54) is 0 Å². The molecule has 33 heavy (non-hydrogen) atoms. The molecule has 2 aromatic carbocycles. The van der Waals surface area contributed by atoms with Crippen LogP contribution in [-0.2, 0) is 4.79 Å². The van der Waals surface area contributed by atoms with Crippen molar-refractivity contribution in [3.8, 4) is 0 Å². The van der Waals surface area contributed by atoms with Crippen molar-refractivity contribution < 1.29 is 14.2 Å². The third kappa shape index (κ3) is 4.19. The molecule has 1 saturated carbocycles. The van der Waals surface area contributed by atoms with Crippen molar-refractivity contribution >= 4 is 41.1 Å². The van der Waals surface area contributed by atoms with E-state index in [0.29, 0.717) is 23.0 Å². The van der Waals surface area contributed by atoms with Gasteiger partial charge in [-0.15, -0.1) is 4.59 Å². The summed E-state index contributed by atoms with van der Waals surface area (Å²) in [6.45, 7) is 1.96. The number of anilines is 3. The van der Waals surface area contributed by atoms with Gasteiger partial charge in [0.05, 0.1) is 12.4 Å². The average molecular weight is 443 g/mol. The first kappa shape index (κ1) is 20.8. The van der Waals surface area contributed by atoms with Gasteiger partial charge in [0, 0.05) is 23.0 Å². The number of rotatable bonds is 5. The summed E-state index contributed by atoms with van der Waals surface area (Å²) >= 11 is 0. The molecule has 0 saturated heterocycles. The number of benzene rings is 2. The van der Waals surface area contributed by atoms with Crippen LogP contribution in [0.15, 0.2) is 82.3 Å². The number of amidine groups is 1. The van der Waals surface area contributed by atoms with Gasteiger partial charge in [0.2, 0.25) is 5.70 Å². The van der Waals surface area contributed by atoms with Crippen LogP contribution < -0.4 is 21.8 Å². The zero-order chi connectivity index (χ0) is 23.0. The molecule has 0 spiro atoms. The van der Waals surface area contributed by atoms with Crippen molar-refractivity contribution in [2.24, 2.45) is 21.7 Å². The fourth-order valence-electron chi connectivity index (χ4n) is 3.84. The lowest BCUT2D eigenvalue weighted by Crippen LogP contribution is -2.56. The van der Waals surface area contributed by atoms with Crippen LogP contribution in [0.3, 0.4) is 0 Å². The highest BCUT2D eigenvalue weighted by Crippen LogP contribution is 2.43. The van der Waals surface area contributed by atoms with Crippen LogP contribution in [0.25, 0.3) is 0 Å². The molecule has 0 radical (unpaired) electrons. The topological polar surface area (TPSA) is 121 Å². The largest absolute Gasteiger partial charge is 0.333 e. The number of amides is 3. The SMILES string of the molecule is Cc1cccc(NC(=O)Nc2ccc(NC(=O)C3=NC(C4CC4)=C4C=NC=C[N+]34N)cc2)c1. The number of urea groups is 1. The van der Waals surface area contributed by atoms with Crippen molar-refractivity contribution in [1.82, 2.24) is 0 Å². The summed E-state index contributed by atoms with van der Waals surface area (Å²) in [7, 11) is 0. The predicted molar refractivity (Wildman–Crippen MR) is 128 cm³/mol. The molecule has 1 fully saturated rings. The Kier molecular flexibility index (Phi) is 5.12. The maximum absolute atomic E-state index is 13.0. The highest BCUT2D eigenvalue weighted by atomic mass is 16.2. The second-order valence-corrected chi connectivity index (χ2v) is 8.31. The van der Waals surface area contributed by atoms with Crippen LogP contribution in [0.5, 0.6) is 0 Å². The van der Waals surface area contributed by atoms with Crippen LogP contribution in [0.2, 0.25) is 0 Å². The second kappa shape index (κ2) is 8.12. The lowest BCUT2D eigenvalue weighted by Gasteiger charge is -2.25. The summed E-state index contributed by atoms with van der Waals surface area (Å²) in [6.07, 6.45) is 6.99. The van der Waals surface area contributed by atoms with E-state index in [4.69, 9.17) is 5.84 Å². The molecular formula is C24H24N7O2+. The lowest BCUT2D eigenvalue weighted by atomic mass is 10.2. The predicted octanol–water partition coefficient (Wildman–Crippen LogP) is 3.86. The molecular weight excluding hydrogens is 418 g/mol. The zero-order valence-electron chi connectivity index (χ0n) is 18.1. The average Bonchev–Trinajstić information content (AvgIpc) is 3.57. The fraction of sp³-hybridized carbons (Fsp3) is 0.167. The number of nitrogens with one attached hydrogen (secondary N) is 3. The molecule has 0 bridgehead atoms. The van der Waals surface area contributed by atoms with Gasteiger partial charge in [0.25, 0.3) is 0 Å². The number of aliphatic imine (C=N–C) groups is 2. The molecule has 2 heterocycles. The number of nitrogens with two attached hydrogens (primary N) is 1. The van der Waals surface area contributed by atoms with Gasteiger partial charge < -0.3 is 16.0 Å². The van der Waals surface area contributed by atoms with Gasteiger partial charge in [0.15, 0.2) is 0 Å². The van der Waals surface area contributed by atoms with Crippen molar-refractivity contribution in [3.63, 3.8) is 0 Å². The Morgan fingerprint density at radius 1 is 1.00 bits per heavy atom. The Balaban J connectivity index is 1.24. The van der Waals surface area contributed by atoms with E-state index in [-0.39, 0.29) is 22.4 Å². The Morgan fingerprint density at radius 2 is 1.70 bits per heavy atom. The number of nitrogens with zero attached hydrogens (tertiary/aromatic N) is 3. The molecule has 166 valence electrons. The molecule has 3 amide bonds. The number of quaternary nitrogens is 1. The van der Waals surface area contributed by atoms with E-state index in [0.717, 1.165) is 29.8 Å². The zero-order valence-corrected chi connectivity index (χ0v) is 18.1. The quantitative estimate of drug-likeness (QED) is 0.416. The molecule has 5 N–H and O–H groups in total. The van der Waals surface area contributed by atoms with Crippen LogP contribution in [0.1, 0.15) is 18.4 Å². The second-order valence-electron chi connectivity index (χ2n) is 8.31. The van der Waals surface area contributed by atoms with E-state index >= 15 is 0 Å². The first-order chi connectivity index (χ1) is 15.9. The molecule has 2 aromatic rings. The van der Waals surface area contributed by atoms with Crippen LogP contribution in [-0.4, -0.2) is 28.6 Å². The van der Waals surface area contributed by atoms with Gasteiger partial charge in [-0.1, -0.05) is 12.1 Å². The molecule has 1 atom stereocenters. The number of fused-ring (bicyclic) bond motifs is 1. The number of aryl methyl sites for hydroxylation is 1. The van der Waals surface area contributed by atoms with Gasteiger partial charge in [-0.25, -0.2) is 4.79 Å². The number of carbonyl (C=O) groups excluding carboxylic acids is 2. The van der Waals surface area contributed by atoms with E-state index in [1.54, 1.807) is 42.9 Å². The summed E-state index contributed by atoms with van der Waals surface area (Å²) in [5.74, 6) is 6.68. The highest BCUT2D eigenvalue weighted by molar-refractivity contribution is 6.40. The van der Waals surface area contributed by atoms with Crippen LogP contribution in [0, 0.1) is 12.8 Å². The van der Waals surface area contributed by atoms with Crippen molar-refractivity contribution in [1.29, 1.82) is 0 Å². The first-order valence-electron chi connectivity index (χ1n) is 10.7. The standard InChI is InChI=1S/C24H23N7O2/c1-15-3-2-4-19(13-15)29-24(33)28-18-9-7-17(8-10-18)27-23(32)22-30-21(16-5-6-16)20-14-26-11-12-31(20,22)25/h2-4,7-14,16H,5-6,25H2,1H3,(H2-,26,27,28,29,30,32,33)/p+1. The first-order valence-corrected chi connectivity index (χ1v) is 10.7. The van der Waals surface area contributed by atoms with E-state index < -0.39 is 0 Å². The molecule has 9 nitrogen and oxygen atoms in total. The van der Waals surface area contributed by atoms with Crippen molar-refractivity contribution in [2.45, 2.75) is 19.8 Å². The summed E-state index contributed by atoms with van der Waals surface area (Å²) in [4.78, 5) is 34.0. The Morgan fingerprint density at radius 3 is 2.39 bits per heavy atom. The minimum absolute atomic E-state index is 0.203. The number of allylic oxidation sites excluding steroid dienone is 2. The number of hydrogen-bond acceptors (Lipinski definition) is 5. The van der Waals surface area contributed by atoms with E-state index in [9.17, 15) is 9.59 Å². The van der Waals surface area contributed by atoms with E-state index in [1.807, 2.05) is 31.2 Å². The van der Waals surface area contributed by atoms with Gasteiger partial charge in [-0.05, 0) is 61.7 Å². The van der Waals surface area contributed by atoms with Crippen molar-refractivity contribution in [3.05, 3.63) is 77.9 Å². The van der Waals surface area contributed by atoms with Gasteiger partial charge in [-0.2, -0.15) is 10.8 Å². The molecule has 2 aliphatic heterocycles. The Labute approximate surface area is 191 Å². The smallest absolute Gasteiger partial charge is 0.316 e. The van der Waals surface area contributed by atoms with E-state index in [2.05, 4.69) is 25.9 Å². The molecule has 1 aliphatic carbocycles. The van der Waals surface area contributed by atoms with Crippen LogP contribution in [0.4, 0.5) is 21.9 Å². The minimum atomic E-state index is -0.386. The molecule has 0 aromatic heterocycles. The fourth-order valence-corrected chi connectivity index (χ4v) is 3.84.